The van der Waals surface area contributed by atoms with Crippen molar-refractivity contribution in [1.29, 1.82) is 5.26 Å². The van der Waals surface area contributed by atoms with Gasteiger partial charge in [-0.25, -0.2) is 0 Å². The van der Waals surface area contributed by atoms with E-state index in [-0.39, 0.29) is 5.91 Å². The summed E-state index contributed by atoms with van der Waals surface area (Å²) in [6, 6.07) is 16.5. The second-order valence-corrected chi connectivity index (χ2v) is 6.44. The summed E-state index contributed by atoms with van der Waals surface area (Å²) in [6.07, 6.45) is 2.00. The lowest BCUT2D eigenvalue weighted by Crippen LogP contribution is -2.41. The number of benzene rings is 2. The highest BCUT2D eigenvalue weighted by molar-refractivity contribution is 5.94. The van der Waals surface area contributed by atoms with Crippen LogP contribution in [0.25, 0.3) is 0 Å². The van der Waals surface area contributed by atoms with Crippen molar-refractivity contribution in [1.82, 2.24) is 4.90 Å². The number of hydrogen-bond acceptors (Lipinski definition) is 4. The fourth-order valence-corrected chi connectivity index (χ4v) is 3.18. The summed E-state index contributed by atoms with van der Waals surface area (Å²) < 4.78 is 11.0. The summed E-state index contributed by atoms with van der Waals surface area (Å²) in [7, 11) is 1.63. The zero-order valence-corrected chi connectivity index (χ0v) is 14.9. The maximum atomic E-state index is 12.7. The van der Waals surface area contributed by atoms with Gasteiger partial charge in [0.25, 0.3) is 5.91 Å². The molecule has 0 bridgehead atoms. The number of likely N-dealkylation sites (tertiary alicyclic amines) is 1. The van der Waals surface area contributed by atoms with E-state index in [2.05, 4.69) is 6.07 Å². The number of amides is 1. The molecule has 1 fully saturated rings. The third kappa shape index (κ3) is 4.34. The van der Waals surface area contributed by atoms with E-state index in [1.165, 1.54) is 0 Å². The summed E-state index contributed by atoms with van der Waals surface area (Å²) in [5.74, 6) is 1.88. The average molecular weight is 350 g/mol. The maximum Gasteiger partial charge on any atom is 0.253 e. The number of ether oxygens (including phenoxy) is 2. The number of nitriles is 1. The minimum atomic E-state index is -0.0174. The number of nitrogens with zero attached hydrogens (tertiary/aromatic N) is 2. The van der Waals surface area contributed by atoms with E-state index in [9.17, 15) is 4.79 Å². The van der Waals surface area contributed by atoms with Crippen LogP contribution in [0.1, 0.15) is 28.8 Å². The number of piperidine rings is 1. The molecule has 5 nitrogen and oxygen atoms in total. The zero-order valence-electron chi connectivity index (χ0n) is 14.9. The lowest BCUT2D eigenvalue weighted by atomic mass is 9.98. The first-order valence-corrected chi connectivity index (χ1v) is 8.76. The Labute approximate surface area is 153 Å². The van der Waals surface area contributed by atoms with Crippen LogP contribution in [-0.4, -0.2) is 37.6 Å². The second kappa shape index (κ2) is 8.39. The van der Waals surface area contributed by atoms with Gasteiger partial charge in [-0.15, -0.1) is 0 Å². The second-order valence-electron chi connectivity index (χ2n) is 6.44. The Morgan fingerprint density at radius 2 is 2.00 bits per heavy atom. The predicted octanol–water partition coefficient (Wildman–Crippen LogP) is 3.50. The van der Waals surface area contributed by atoms with Gasteiger partial charge in [0, 0.05) is 24.6 Å². The molecule has 0 radical (unpaired) electrons. The van der Waals surface area contributed by atoms with Gasteiger partial charge in [-0.1, -0.05) is 6.07 Å². The summed E-state index contributed by atoms with van der Waals surface area (Å²) in [5, 5.41) is 9.01. The highest BCUT2D eigenvalue weighted by Gasteiger charge is 2.25. The summed E-state index contributed by atoms with van der Waals surface area (Å²) in [5.41, 5.74) is 1.08. The highest BCUT2D eigenvalue weighted by Crippen LogP contribution is 2.22. The van der Waals surface area contributed by atoms with Crippen molar-refractivity contribution in [2.24, 2.45) is 5.92 Å². The quantitative estimate of drug-likeness (QED) is 0.828. The minimum absolute atomic E-state index is 0.0174. The molecule has 0 N–H and O–H groups in total. The van der Waals surface area contributed by atoms with Crippen molar-refractivity contribution in [3.63, 3.8) is 0 Å². The summed E-state index contributed by atoms with van der Waals surface area (Å²) in [4.78, 5) is 14.6. The molecule has 1 aliphatic heterocycles. The first kappa shape index (κ1) is 17.8. The van der Waals surface area contributed by atoms with E-state index in [0.29, 0.717) is 30.2 Å². The first-order chi connectivity index (χ1) is 12.7. The molecule has 1 saturated heterocycles. The molecule has 1 aliphatic rings. The number of methoxy groups -OCH3 is 1. The Balaban J connectivity index is 1.58. The normalized spacial score (nSPS) is 16.6. The lowest BCUT2D eigenvalue weighted by Gasteiger charge is -2.32. The van der Waals surface area contributed by atoms with Crippen LogP contribution in [0.4, 0.5) is 0 Å². The molecular formula is C21H22N2O3. The van der Waals surface area contributed by atoms with Gasteiger partial charge in [0.15, 0.2) is 0 Å². The van der Waals surface area contributed by atoms with Gasteiger partial charge in [0.2, 0.25) is 0 Å². The number of rotatable bonds is 5. The molecule has 134 valence electrons. The van der Waals surface area contributed by atoms with Crippen LogP contribution in [0.2, 0.25) is 0 Å². The molecule has 1 heterocycles. The van der Waals surface area contributed by atoms with Gasteiger partial charge < -0.3 is 14.4 Å². The molecule has 2 aromatic rings. The molecule has 0 saturated carbocycles. The molecular weight excluding hydrogens is 328 g/mol. The van der Waals surface area contributed by atoms with Crippen LogP contribution >= 0.6 is 0 Å². The standard InChI is InChI=1S/C21H22N2O3/c1-25-19-7-9-20(10-8-19)26-15-17-5-3-11-23(14-17)21(24)18-6-2-4-16(12-18)13-22/h2,4,6-10,12,17H,3,5,11,14-15H2,1H3/t17-/m0/s1. The fourth-order valence-electron chi connectivity index (χ4n) is 3.18. The van der Waals surface area contributed by atoms with Crippen molar-refractivity contribution in [3.8, 4) is 17.6 Å². The van der Waals surface area contributed by atoms with Crippen molar-refractivity contribution >= 4 is 5.91 Å². The Morgan fingerprint density at radius 3 is 2.73 bits per heavy atom. The Bertz CT molecular complexity index is 796. The molecule has 0 unspecified atom stereocenters. The Hall–Kier alpha value is -3.00. The third-order valence-electron chi connectivity index (χ3n) is 4.59. The molecule has 2 aromatic carbocycles. The zero-order chi connectivity index (χ0) is 18.4. The number of carbonyl (C=O) groups excluding carboxylic acids is 1. The smallest absolute Gasteiger partial charge is 0.253 e. The van der Waals surface area contributed by atoms with Crippen LogP contribution in [-0.2, 0) is 0 Å². The van der Waals surface area contributed by atoms with Gasteiger partial charge in [0.05, 0.1) is 25.3 Å². The SMILES string of the molecule is COc1ccc(OC[C@H]2CCCN(C(=O)c3cccc(C#N)c3)C2)cc1. The molecule has 5 heteroatoms. The topological polar surface area (TPSA) is 62.6 Å². The van der Waals surface area contributed by atoms with E-state index in [0.717, 1.165) is 30.9 Å². The minimum Gasteiger partial charge on any atom is -0.497 e. The largest absolute Gasteiger partial charge is 0.497 e. The van der Waals surface area contributed by atoms with Crippen molar-refractivity contribution in [2.75, 3.05) is 26.8 Å². The van der Waals surface area contributed by atoms with Crippen LogP contribution in [0.15, 0.2) is 48.5 Å². The Kier molecular flexibility index (Phi) is 5.75. The molecule has 1 amide bonds. The number of carbonyl (C=O) groups is 1. The monoisotopic (exact) mass is 350 g/mol. The van der Waals surface area contributed by atoms with Crippen LogP contribution in [0.3, 0.4) is 0 Å². The fraction of sp³-hybridized carbons (Fsp3) is 0.333. The molecule has 0 spiro atoms. The summed E-state index contributed by atoms with van der Waals surface area (Å²) in [6.45, 7) is 1.99. The van der Waals surface area contributed by atoms with Gasteiger partial charge >= 0.3 is 0 Å². The van der Waals surface area contributed by atoms with E-state index in [1.807, 2.05) is 29.2 Å². The van der Waals surface area contributed by atoms with Crippen molar-refractivity contribution < 1.29 is 14.3 Å². The third-order valence-corrected chi connectivity index (χ3v) is 4.59. The number of hydrogen-bond donors (Lipinski definition) is 0. The van der Waals surface area contributed by atoms with Crippen molar-refractivity contribution in [2.45, 2.75) is 12.8 Å². The molecule has 26 heavy (non-hydrogen) atoms. The molecule has 3 rings (SSSR count). The van der Waals surface area contributed by atoms with Crippen molar-refractivity contribution in [3.05, 3.63) is 59.7 Å². The molecule has 0 aromatic heterocycles. The van der Waals surface area contributed by atoms with Crippen LogP contribution in [0.5, 0.6) is 11.5 Å². The maximum absolute atomic E-state index is 12.7. The van der Waals surface area contributed by atoms with Gasteiger partial charge in [0.1, 0.15) is 11.5 Å². The lowest BCUT2D eigenvalue weighted by molar-refractivity contribution is 0.0633. The summed E-state index contributed by atoms with van der Waals surface area (Å²) >= 11 is 0. The van der Waals surface area contributed by atoms with Crippen LogP contribution < -0.4 is 9.47 Å². The average Bonchev–Trinajstić information content (AvgIpc) is 2.72. The highest BCUT2D eigenvalue weighted by atomic mass is 16.5. The van der Waals surface area contributed by atoms with Gasteiger partial charge in [-0.2, -0.15) is 5.26 Å². The van der Waals surface area contributed by atoms with Crippen LogP contribution in [0, 0.1) is 17.2 Å². The van der Waals surface area contributed by atoms with E-state index < -0.39 is 0 Å². The first-order valence-electron chi connectivity index (χ1n) is 8.76. The van der Waals surface area contributed by atoms with Gasteiger partial charge in [-0.3, -0.25) is 4.79 Å². The van der Waals surface area contributed by atoms with Gasteiger partial charge in [-0.05, 0) is 55.3 Å². The molecule has 0 aliphatic carbocycles. The Morgan fingerprint density at radius 1 is 1.23 bits per heavy atom. The van der Waals surface area contributed by atoms with E-state index in [4.69, 9.17) is 14.7 Å². The predicted molar refractivity (Wildman–Crippen MR) is 98.3 cm³/mol. The van der Waals surface area contributed by atoms with E-state index >= 15 is 0 Å². The molecule has 1 atom stereocenters. The van der Waals surface area contributed by atoms with E-state index in [1.54, 1.807) is 31.4 Å².